The molecule has 198 valence electrons. The number of nitrogens with two attached hydrogens (primary N) is 1. The van der Waals surface area contributed by atoms with E-state index >= 15 is 0 Å². The number of unbranched alkanes of at least 4 members (excludes halogenated alkanes) is 1. The fourth-order valence-electron chi connectivity index (χ4n) is 5.73. The predicted octanol–water partition coefficient (Wildman–Crippen LogP) is 5.43. The lowest BCUT2D eigenvalue weighted by atomic mass is 10.0. The molecule has 1 fully saturated rings. The van der Waals surface area contributed by atoms with Crippen molar-refractivity contribution in [2.45, 2.75) is 44.8 Å². The Morgan fingerprint density at radius 2 is 1.71 bits per heavy atom. The van der Waals surface area contributed by atoms with E-state index in [9.17, 15) is 4.79 Å². The van der Waals surface area contributed by atoms with E-state index in [1.165, 1.54) is 16.3 Å². The SMILES string of the molecule is CCCC[C@H]1CN(C(=O)c2cccc3ccccc23)CCN1CC(CN)NCc1ccc2ccccc2c1. The van der Waals surface area contributed by atoms with Gasteiger partial charge in [-0.05, 0) is 45.7 Å². The predicted molar refractivity (Wildman–Crippen MR) is 158 cm³/mol. The van der Waals surface area contributed by atoms with Crippen LogP contribution in [0.4, 0.5) is 0 Å². The van der Waals surface area contributed by atoms with Crippen molar-refractivity contribution in [1.82, 2.24) is 15.1 Å². The van der Waals surface area contributed by atoms with Gasteiger partial charge in [0.2, 0.25) is 0 Å². The van der Waals surface area contributed by atoms with Crippen molar-refractivity contribution in [2.24, 2.45) is 5.73 Å². The molecular weight excluding hydrogens is 468 g/mol. The number of hydrogen-bond acceptors (Lipinski definition) is 4. The van der Waals surface area contributed by atoms with Crippen molar-refractivity contribution >= 4 is 27.5 Å². The van der Waals surface area contributed by atoms with E-state index < -0.39 is 0 Å². The number of rotatable bonds is 10. The van der Waals surface area contributed by atoms with Crippen LogP contribution in [0.15, 0.2) is 84.9 Å². The minimum absolute atomic E-state index is 0.146. The fraction of sp³-hybridized carbons (Fsp3) is 0.364. The maximum atomic E-state index is 13.6. The van der Waals surface area contributed by atoms with Crippen LogP contribution in [0.2, 0.25) is 0 Å². The summed E-state index contributed by atoms with van der Waals surface area (Å²) in [5, 5.41) is 8.39. The summed E-state index contributed by atoms with van der Waals surface area (Å²) >= 11 is 0. The summed E-state index contributed by atoms with van der Waals surface area (Å²) in [6, 6.07) is 29.9. The van der Waals surface area contributed by atoms with Crippen molar-refractivity contribution in [3.05, 3.63) is 96.1 Å². The van der Waals surface area contributed by atoms with E-state index in [1.807, 2.05) is 24.3 Å². The van der Waals surface area contributed by atoms with Crippen molar-refractivity contribution in [3.8, 4) is 0 Å². The van der Waals surface area contributed by atoms with E-state index in [2.05, 4.69) is 82.7 Å². The van der Waals surface area contributed by atoms with Crippen LogP contribution in [-0.2, 0) is 6.54 Å². The Hall–Kier alpha value is -3.25. The van der Waals surface area contributed by atoms with Gasteiger partial charge in [-0.2, -0.15) is 0 Å². The Balaban J connectivity index is 1.24. The maximum absolute atomic E-state index is 13.6. The van der Waals surface area contributed by atoms with Gasteiger partial charge in [0.15, 0.2) is 0 Å². The van der Waals surface area contributed by atoms with Gasteiger partial charge in [0.25, 0.3) is 5.91 Å². The molecule has 5 heteroatoms. The number of fused-ring (bicyclic) bond motifs is 2. The summed E-state index contributed by atoms with van der Waals surface area (Å²) in [6.07, 6.45) is 3.41. The number of amides is 1. The van der Waals surface area contributed by atoms with Crippen LogP contribution in [0.25, 0.3) is 21.5 Å². The Morgan fingerprint density at radius 3 is 2.53 bits per heavy atom. The summed E-state index contributed by atoms with van der Waals surface area (Å²) < 4.78 is 0. The molecule has 1 unspecified atom stereocenters. The first kappa shape index (κ1) is 26.4. The molecule has 1 heterocycles. The molecule has 5 rings (SSSR count). The molecule has 5 nitrogen and oxygen atoms in total. The Morgan fingerprint density at radius 1 is 0.947 bits per heavy atom. The molecule has 0 saturated carbocycles. The summed E-state index contributed by atoms with van der Waals surface area (Å²) in [7, 11) is 0. The smallest absolute Gasteiger partial charge is 0.254 e. The standard InChI is InChI=1S/C33H40N4O/c1-2-3-13-30-24-37(33(38)32-15-8-12-27-10-6-7-14-31(27)32)19-18-36(30)23-29(21-34)35-22-25-16-17-26-9-4-5-11-28(26)20-25/h4-12,14-17,20,29-30,35H,2-3,13,18-19,21-24,34H2,1H3/t29?,30-/m0/s1. The third-order valence-corrected chi connectivity index (χ3v) is 7.95. The first-order chi connectivity index (χ1) is 18.7. The number of carbonyl (C=O) groups excluding carboxylic acids is 1. The summed E-state index contributed by atoms with van der Waals surface area (Å²) in [5.41, 5.74) is 8.32. The van der Waals surface area contributed by atoms with Crippen LogP contribution < -0.4 is 11.1 Å². The van der Waals surface area contributed by atoms with Crippen LogP contribution in [0.5, 0.6) is 0 Å². The molecule has 1 amide bonds. The van der Waals surface area contributed by atoms with Gasteiger partial charge >= 0.3 is 0 Å². The maximum Gasteiger partial charge on any atom is 0.254 e. The zero-order valence-electron chi connectivity index (χ0n) is 22.5. The highest BCUT2D eigenvalue weighted by Crippen LogP contribution is 2.23. The molecule has 2 atom stereocenters. The van der Waals surface area contributed by atoms with Gasteiger partial charge in [-0.3, -0.25) is 9.69 Å². The summed E-state index contributed by atoms with van der Waals surface area (Å²) in [5.74, 6) is 0.146. The third kappa shape index (κ3) is 6.07. The molecule has 1 saturated heterocycles. The van der Waals surface area contributed by atoms with Gasteiger partial charge < -0.3 is 16.0 Å². The average molecular weight is 509 g/mol. The van der Waals surface area contributed by atoms with Gasteiger partial charge in [-0.1, -0.05) is 92.6 Å². The molecule has 0 aromatic heterocycles. The number of hydrogen-bond donors (Lipinski definition) is 2. The van der Waals surface area contributed by atoms with Crippen LogP contribution in [0.3, 0.4) is 0 Å². The Bertz CT molecular complexity index is 1360. The highest BCUT2D eigenvalue weighted by Gasteiger charge is 2.31. The second kappa shape index (κ2) is 12.5. The minimum Gasteiger partial charge on any atom is -0.336 e. The normalized spacial score (nSPS) is 17.2. The van der Waals surface area contributed by atoms with Crippen molar-refractivity contribution in [1.29, 1.82) is 0 Å². The molecule has 0 spiro atoms. The van der Waals surface area contributed by atoms with Crippen molar-refractivity contribution < 1.29 is 4.79 Å². The molecule has 1 aliphatic rings. The fourth-order valence-corrected chi connectivity index (χ4v) is 5.73. The largest absolute Gasteiger partial charge is 0.336 e. The second-order valence-corrected chi connectivity index (χ2v) is 10.6. The van der Waals surface area contributed by atoms with Crippen molar-refractivity contribution in [3.63, 3.8) is 0 Å². The molecule has 0 bridgehead atoms. The zero-order chi connectivity index (χ0) is 26.3. The Labute approximate surface area is 226 Å². The Kier molecular flexibility index (Phi) is 8.69. The van der Waals surface area contributed by atoms with Crippen molar-refractivity contribution in [2.75, 3.05) is 32.7 Å². The zero-order valence-corrected chi connectivity index (χ0v) is 22.5. The molecule has 1 aliphatic heterocycles. The molecular formula is C33H40N4O. The highest BCUT2D eigenvalue weighted by atomic mass is 16.2. The van der Waals surface area contributed by atoms with Gasteiger partial charge in [-0.15, -0.1) is 0 Å². The molecule has 4 aromatic rings. The lowest BCUT2D eigenvalue weighted by Gasteiger charge is -2.43. The summed E-state index contributed by atoms with van der Waals surface area (Å²) in [6.45, 7) is 6.90. The number of piperazine rings is 1. The number of carbonyl (C=O) groups is 1. The van der Waals surface area contributed by atoms with E-state index in [-0.39, 0.29) is 11.9 Å². The van der Waals surface area contributed by atoms with E-state index in [0.29, 0.717) is 12.6 Å². The van der Waals surface area contributed by atoms with Gasteiger partial charge in [0.1, 0.15) is 0 Å². The molecule has 4 aromatic carbocycles. The number of nitrogens with zero attached hydrogens (tertiary/aromatic N) is 2. The number of benzene rings is 4. The highest BCUT2D eigenvalue weighted by molar-refractivity contribution is 6.07. The van der Waals surface area contributed by atoms with E-state index in [0.717, 1.165) is 68.3 Å². The van der Waals surface area contributed by atoms with Gasteiger partial charge in [0.05, 0.1) is 0 Å². The average Bonchev–Trinajstić information content (AvgIpc) is 2.97. The van der Waals surface area contributed by atoms with Crippen LogP contribution in [-0.4, -0.2) is 60.5 Å². The third-order valence-electron chi connectivity index (χ3n) is 7.95. The quantitative estimate of drug-likeness (QED) is 0.300. The molecule has 0 aliphatic carbocycles. The lowest BCUT2D eigenvalue weighted by Crippen LogP contribution is -2.58. The van der Waals surface area contributed by atoms with Crippen LogP contribution in [0, 0.1) is 0 Å². The monoisotopic (exact) mass is 508 g/mol. The summed E-state index contributed by atoms with van der Waals surface area (Å²) in [4.78, 5) is 18.3. The molecule has 3 N–H and O–H groups in total. The number of nitrogens with one attached hydrogen (secondary N) is 1. The first-order valence-corrected chi connectivity index (χ1v) is 14.1. The van der Waals surface area contributed by atoms with Crippen LogP contribution in [0.1, 0.15) is 42.1 Å². The van der Waals surface area contributed by atoms with E-state index in [1.54, 1.807) is 0 Å². The van der Waals surface area contributed by atoms with Gasteiger partial charge in [-0.25, -0.2) is 0 Å². The first-order valence-electron chi connectivity index (χ1n) is 14.1. The molecule has 38 heavy (non-hydrogen) atoms. The van der Waals surface area contributed by atoms with Gasteiger partial charge in [0, 0.05) is 56.9 Å². The van der Waals surface area contributed by atoms with Crippen LogP contribution >= 0.6 is 0 Å². The topological polar surface area (TPSA) is 61.6 Å². The van der Waals surface area contributed by atoms with E-state index in [4.69, 9.17) is 5.73 Å². The second-order valence-electron chi connectivity index (χ2n) is 10.6. The minimum atomic E-state index is 0.146. The molecule has 0 radical (unpaired) electrons. The lowest BCUT2D eigenvalue weighted by molar-refractivity contribution is 0.0432.